The van der Waals surface area contributed by atoms with Gasteiger partial charge in [-0.2, -0.15) is 0 Å². The van der Waals surface area contributed by atoms with E-state index in [1.54, 1.807) is 13.8 Å². The molecule has 1 amide bonds. The second kappa shape index (κ2) is 6.53. The molecule has 1 heterocycles. The molecule has 0 fully saturated rings. The third-order valence-corrected chi connectivity index (χ3v) is 3.76. The zero-order valence-corrected chi connectivity index (χ0v) is 11.9. The Morgan fingerprint density at radius 1 is 1.42 bits per heavy atom. The predicted molar refractivity (Wildman–Crippen MR) is 70.9 cm³/mol. The van der Waals surface area contributed by atoms with Gasteiger partial charge in [-0.3, -0.25) is 9.59 Å². The van der Waals surface area contributed by atoms with Crippen molar-refractivity contribution in [3.8, 4) is 0 Å². The number of carboxylic acids is 1. The van der Waals surface area contributed by atoms with Crippen LogP contribution in [-0.4, -0.2) is 29.6 Å². The van der Waals surface area contributed by atoms with Crippen molar-refractivity contribution in [1.82, 2.24) is 0 Å². The van der Waals surface area contributed by atoms with E-state index in [0.29, 0.717) is 4.88 Å². The van der Waals surface area contributed by atoms with Gasteiger partial charge in [0, 0.05) is 4.88 Å². The third-order valence-electron chi connectivity index (χ3n) is 2.08. The van der Waals surface area contributed by atoms with E-state index in [1.165, 1.54) is 0 Å². The Hall–Kier alpha value is -1.60. The van der Waals surface area contributed by atoms with Gasteiger partial charge in [0.05, 0.1) is 17.3 Å². The minimum Gasteiger partial charge on any atom is -0.477 e. The summed E-state index contributed by atoms with van der Waals surface area (Å²) in [7, 11) is 0. The Bertz CT molecular complexity index is 525. The Morgan fingerprint density at radius 2 is 2.05 bits per heavy atom. The van der Waals surface area contributed by atoms with Gasteiger partial charge in [0.25, 0.3) is 0 Å². The summed E-state index contributed by atoms with van der Waals surface area (Å²) in [5, 5.41) is 11.5. The summed E-state index contributed by atoms with van der Waals surface area (Å²) in [5.74, 6) is -2.54. The maximum Gasteiger partial charge on any atom is 0.348 e. The number of ether oxygens (including phenoxy) is 1. The zero-order chi connectivity index (χ0) is 14.6. The molecule has 0 atom stereocenters. The first-order chi connectivity index (χ1) is 8.86. The van der Waals surface area contributed by atoms with Crippen molar-refractivity contribution < 1.29 is 24.2 Å². The lowest BCUT2D eigenvalue weighted by molar-refractivity contribution is -0.145. The fraction of sp³-hybridized carbons (Fsp3) is 0.364. The molecule has 8 heteroatoms. The monoisotopic (exact) mass is 305 g/mol. The van der Waals surface area contributed by atoms with E-state index in [4.69, 9.17) is 16.7 Å². The SMILES string of the molecule is CCOC(=O)CC(=O)Nc1c(C(=O)O)sc(C)c1Cl. The number of hydrogen-bond acceptors (Lipinski definition) is 5. The molecular weight excluding hydrogens is 294 g/mol. The number of anilines is 1. The van der Waals surface area contributed by atoms with Gasteiger partial charge < -0.3 is 15.2 Å². The molecule has 0 radical (unpaired) electrons. The number of carbonyl (C=O) groups excluding carboxylic acids is 2. The third kappa shape index (κ3) is 3.93. The number of thiophene rings is 1. The van der Waals surface area contributed by atoms with Crippen LogP contribution in [0.15, 0.2) is 0 Å². The number of carboxylic acid groups (broad SMARTS) is 1. The van der Waals surface area contributed by atoms with Crippen molar-refractivity contribution >= 4 is 46.5 Å². The van der Waals surface area contributed by atoms with Gasteiger partial charge in [-0.25, -0.2) is 4.79 Å². The second-order valence-electron chi connectivity index (χ2n) is 3.51. The number of esters is 1. The first-order valence-electron chi connectivity index (χ1n) is 5.34. The van der Waals surface area contributed by atoms with E-state index in [1.807, 2.05) is 0 Å². The minimum atomic E-state index is -1.19. The smallest absolute Gasteiger partial charge is 0.348 e. The lowest BCUT2D eigenvalue weighted by atomic mass is 10.3. The van der Waals surface area contributed by atoms with Crippen LogP contribution in [0.25, 0.3) is 0 Å². The molecule has 1 aromatic rings. The second-order valence-corrected chi connectivity index (χ2v) is 5.11. The molecule has 0 bridgehead atoms. The highest BCUT2D eigenvalue weighted by Gasteiger charge is 2.22. The van der Waals surface area contributed by atoms with Gasteiger partial charge in [0.2, 0.25) is 5.91 Å². The molecule has 0 aromatic carbocycles. The number of halogens is 1. The summed E-state index contributed by atoms with van der Waals surface area (Å²) in [4.78, 5) is 34.2. The number of aryl methyl sites for hydroxylation is 1. The van der Waals surface area contributed by atoms with Crippen LogP contribution in [0.4, 0.5) is 5.69 Å². The molecule has 0 saturated carbocycles. The van der Waals surface area contributed by atoms with Crippen molar-refractivity contribution in [3.63, 3.8) is 0 Å². The fourth-order valence-electron chi connectivity index (χ4n) is 1.31. The summed E-state index contributed by atoms with van der Waals surface area (Å²) >= 11 is 6.87. The quantitative estimate of drug-likeness (QED) is 0.643. The van der Waals surface area contributed by atoms with E-state index in [0.717, 1.165) is 11.3 Å². The highest BCUT2D eigenvalue weighted by Crippen LogP contribution is 2.37. The largest absolute Gasteiger partial charge is 0.477 e. The van der Waals surface area contributed by atoms with E-state index < -0.39 is 24.3 Å². The molecule has 1 rings (SSSR count). The van der Waals surface area contributed by atoms with Gasteiger partial charge in [0.15, 0.2) is 0 Å². The van der Waals surface area contributed by atoms with Gasteiger partial charge in [0.1, 0.15) is 11.3 Å². The number of aromatic carboxylic acids is 1. The molecule has 0 aliphatic carbocycles. The van der Waals surface area contributed by atoms with E-state index in [9.17, 15) is 14.4 Å². The van der Waals surface area contributed by atoms with Crippen LogP contribution in [0, 0.1) is 6.92 Å². The summed E-state index contributed by atoms with van der Waals surface area (Å²) in [5.41, 5.74) is 0.0194. The van der Waals surface area contributed by atoms with Crippen molar-refractivity contribution in [2.45, 2.75) is 20.3 Å². The highest BCUT2D eigenvalue weighted by atomic mass is 35.5. The average molecular weight is 306 g/mol. The van der Waals surface area contributed by atoms with Gasteiger partial charge in [-0.05, 0) is 13.8 Å². The molecule has 0 unspecified atom stereocenters. The molecule has 19 heavy (non-hydrogen) atoms. The van der Waals surface area contributed by atoms with Crippen LogP contribution >= 0.6 is 22.9 Å². The number of hydrogen-bond donors (Lipinski definition) is 2. The summed E-state index contributed by atoms with van der Waals surface area (Å²) in [6.07, 6.45) is -0.488. The molecule has 1 aromatic heterocycles. The highest BCUT2D eigenvalue weighted by molar-refractivity contribution is 7.15. The molecular formula is C11H12ClNO5S. The lowest BCUT2D eigenvalue weighted by Gasteiger charge is -2.05. The van der Waals surface area contributed by atoms with Crippen LogP contribution in [0.2, 0.25) is 5.02 Å². The Morgan fingerprint density at radius 3 is 2.58 bits per heavy atom. The number of amides is 1. The number of rotatable bonds is 5. The summed E-state index contributed by atoms with van der Waals surface area (Å²) < 4.78 is 4.62. The molecule has 0 aliphatic rings. The normalized spacial score (nSPS) is 10.1. The van der Waals surface area contributed by atoms with Crippen LogP contribution in [-0.2, 0) is 14.3 Å². The van der Waals surface area contributed by atoms with Gasteiger partial charge in [-0.15, -0.1) is 11.3 Å². The maximum absolute atomic E-state index is 11.6. The van der Waals surface area contributed by atoms with Crippen LogP contribution < -0.4 is 5.32 Å². The zero-order valence-electron chi connectivity index (χ0n) is 10.3. The van der Waals surface area contributed by atoms with Crippen LogP contribution in [0.1, 0.15) is 27.9 Å². The molecule has 0 aliphatic heterocycles. The number of nitrogens with one attached hydrogen (secondary N) is 1. The minimum absolute atomic E-state index is 0.0194. The molecule has 104 valence electrons. The molecule has 6 nitrogen and oxygen atoms in total. The molecule has 0 saturated heterocycles. The summed E-state index contributed by atoms with van der Waals surface area (Å²) in [6, 6.07) is 0. The molecule has 2 N–H and O–H groups in total. The van der Waals surface area contributed by atoms with Gasteiger partial charge in [-0.1, -0.05) is 11.6 Å². The molecule has 0 spiro atoms. The lowest BCUT2D eigenvalue weighted by Crippen LogP contribution is -2.19. The van der Waals surface area contributed by atoms with Crippen molar-refractivity contribution in [3.05, 3.63) is 14.8 Å². The van der Waals surface area contributed by atoms with Gasteiger partial charge >= 0.3 is 11.9 Å². The topological polar surface area (TPSA) is 92.7 Å². The van der Waals surface area contributed by atoms with Crippen LogP contribution in [0.5, 0.6) is 0 Å². The Labute approximate surface area is 118 Å². The fourth-order valence-corrected chi connectivity index (χ4v) is 2.47. The Balaban J connectivity index is 2.84. The van der Waals surface area contributed by atoms with Crippen molar-refractivity contribution in [1.29, 1.82) is 0 Å². The summed E-state index contributed by atoms with van der Waals surface area (Å²) in [6.45, 7) is 3.43. The van der Waals surface area contributed by atoms with E-state index >= 15 is 0 Å². The van der Waals surface area contributed by atoms with E-state index in [2.05, 4.69) is 10.1 Å². The average Bonchev–Trinajstić information content (AvgIpc) is 2.57. The first-order valence-corrected chi connectivity index (χ1v) is 6.53. The predicted octanol–water partition coefficient (Wildman–Crippen LogP) is 2.30. The van der Waals surface area contributed by atoms with E-state index in [-0.39, 0.29) is 22.2 Å². The Kier molecular flexibility index (Phi) is 5.31. The number of carbonyl (C=O) groups is 3. The van der Waals surface area contributed by atoms with Crippen LogP contribution in [0.3, 0.4) is 0 Å². The maximum atomic E-state index is 11.6. The van der Waals surface area contributed by atoms with Crippen molar-refractivity contribution in [2.24, 2.45) is 0 Å². The standard InChI is InChI=1S/C11H12ClNO5S/c1-3-18-7(15)4-6(14)13-9-8(12)5(2)19-10(9)11(16)17/h3-4H2,1-2H3,(H,13,14)(H,16,17). The first kappa shape index (κ1) is 15.5. The van der Waals surface area contributed by atoms with Crippen molar-refractivity contribution in [2.75, 3.05) is 11.9 Å².